The van der Waals surface area contributed by atoms with Gasteiger partial charge in [0, 0.05) is 6.54 Å². The molecule has 0 radical (unpaired) electrons. The van der Waals surface area contributed by atoms with Gasteiger partial charge in [0.1, 0.15) is 5.41 Å². The third-order valence-corrected chi connectivity index (χ3v) is 4.71. The first kappa shape index (κ1) is 18.0. The fraction of sp³-hybridized carbons (Fsp3) is 0.500. The molecule has 1 aromatic carbocycles. The summed E-state index contributed by atoms with van der Waals surface area (Å²) in [6, 6.07) is 5.01. The molecule has 0 saturated heterocycles. The predicted molar refractivity (Wildman–Crippen MR) is 92.9 cm³/mol. The number of benzene rings is 1. The molecule has 0 bridgehead atoms. The van der Waals surface area contributed by atoms with Crippen LogP contribution in [0.15, 0.2) is 18.2 Å². The molecule has 7 heteroatoms. The molecule has 1 aliphatic rings. The summed E-state index contributed by atoms with van der Waals surface area (Å²) in [7, 11) is 3.96. The van der Waals surface area contributed by atoms with Crippen LogP contribution in [0.1, 0.15) is 19.3 Å². The number of rotatable bonds is 7. The molecular weight excluding hydrogens is 337 g/mol. The van der Waals surface area contributed by atoms with E-state index in [1.54, 1.807) is 18.2 Å². The second-order valence-electron chi connectivity index (χ2n) is 6.05. The molecule has 0 unspecified atom stereocenters. The second-order valence-corrected chi connectivity index (χ2v) is 6.84. The molecule has 126 valence electrons. The van der Waals surface area contributed by atoms with E-state index in [1.165, 1.54) is 0 Å². The van der Waals surface area contributed by atoms with Crippen molar-refractivity contribution in [3.05, 3.63) is 28.2 Å². The Labute approximate surface area is 146 Å². The van der Waals surface area contributed by atoms with Crippen molar-refractivity contribution < 1.29 is 9.59 Å². The quantitative estimate of drug-likeness (QED) is 0.582. The zero-order chi connectivity index (χ0) is 17.0. The smallest absolute Gasteiger partial charge is 0.240 e. The minimum Gasteiger partial charge on any atom is -0.355 e. The van der Waals surface area contributed by atoms with E-state index in [0.29, 0.717) is 30.1 Å². The minimum absolute atomic E-state index is 0.216. The van der Waals surface area contributed by atoms with Crippen LogP contribution in [-0.2, 0) is 9.59 Å². The van der Waals surface area contributed by atoms with Gasteiger partial charge in [0.05, 0.1) is 15.7 Å². The Bertz CT molecular complexity index is 601. The fourth-order valence-corrected chi connectivity index (χ4v) is 2.64. The largest absolute Gasteiger partial charge is 0.355 e. The Morgan fingerprint density at radius 3 is 2.52 bits per heavy atom. The van der Waals surface area contributed by atoms with Gasteiger partial charge in [-0.3, -0.25) is 9.59 Å². The van der Waals surface area contributed by atoms with E-state index in [4.69, 9.17) is 23.2 Å². The summed E-state index contributed by atoms with van der Waals surface area (Å²) < 4.78 is 0. The Hall–Kier alpha value is -1.30. The van der Waals surface area contributed by atoms with E-state index in [1.807, 2.05) is 19.0 Å². The van der Waals surface area contributed by atoms with Crippen molar-refractivity contribution in [2.24, 2.45) is 5.41 Å². The summed E-state index contributed by atoms with van der Waals surface area (Å²) in [5.74, 6) is -0.543. The summed E-state index contributed by atoms with van der Waals surface area (Å²) in [6.07, 6.45) is 1.95. The van der Waals surface area contributed by atoms with E-state index >= 15 is 0 Å². The molecular formula is C16H21Cl2N3O2. The highest BCUT2D eigenvalue weighted by molar-refractivity contribution is 6.44. The maximum Gasteiger partial charge on any atom is 0.240 e. The molecule has 2 N–H and O–H groups in total. The van der Waals surface area contributed by atoms with E-state index in [-0.39, 0.29) is 16.8 Å². The molecule has 1 saturated carbocycles. The summed E-state index contributed by atoms with van der Waals surface area (Å²) in [4.78, 5) is 26.8. The minimum atomic E-state index is -0.968. The number of amides is 2. The topological polar surface area (TPSA) is 61.4 Å². The van der Waals surface area contributed by atoms with Gasteiger partial charge < -0.3 is 15.5 Å². The SMILES string of the molecule is CN(C)CCCNC(=O)C1(C(=O)Nc2cccc(Cl)c2Cl)CC1. The number of anilines is 1. The molecule has 23 heavy (non-hydrogen) atoms. The van der Waals surface area contributed by atoms with Crippen molar-refractivity contribution in [3.8, 4) is 0 Å². The van der Waals surface area contributed by atoms with Crippen LogP contribution in [0.3, 0.4) is 0 Å². The molecule has 0 aliphatic heterocycles. The normalized spacial score (nSPS) is 15.3. The summed E-state index contributed by atoms with van der Waals surface area (Å²) in [5.41, 5.74) is -0.542. The average Bonchev–Trinajstić information content (AvgIpc) is 3.29. The zero-order valence-corrected chi connectivity index (χ0v) is 14.8. The monoisotopic (exact) mass is 357 g/mol. The van der Waals surface area contributed by atoms with Gasteiger partial charge in [-0.2, -0.15) is 0 Å². The first-order valence-corrected chi connectivity index (χ1v) is 8.31. The summed E-state index contributed by atoms with van der Waals surface area (Å²) in [5, 5.41) is 6.21. The Morgan fingerprint density at radius 1 is 1.22 bits per heavy atom. The third kappa shape index (κ3) is 4.37. The lowest BCUT2D eigenvalue weighted by Crippen LogP contribution is -2.40. The lowest BCUT2D eigenvalue weighted by atomic mass is 10.0. The Morgan fingerprint density at radius 2 is 1.91 bits per heavy atom. The number of carbonyl (C=O) groups excluding carboxylic acids is 2. The number of halogens is 2. The summed E-state index contributed by atoms with van der Waals surface area (Å²) >= 11 is 12.0. The van der Waals surface area contributed by atoms with Crippen LogP contribution in [0.5, 0.6) is 0 Å². The van der Waals surface area contributed by atoms with Crippen molar-refractivity contribution in [2.75, 3.05) is 32.5 Å². The number of carbonyl (C=O) groups is 2. The van der Waals surface area contributed by atoms with Gasteiger partial charge in [-0.15, -0.1) is 0 Å². The molecule has 0 heterocycles. The Kier molecular flexibility index (Phi) is 5.89. The molecule has 1 aromatic rings. The van der Waals surface area contributed by atoms with E-state index in [2.05, 4.69) is 10.6 Å². The Balaban J connectivity index is 1.93. The molecule has 2 amide bonds. The predicted octanol–water partition coefficient (Wildman–Crippen LogP) is 2.78. The van der Waals surface area contributed by atoms with Gasteiger partial charge in [0.2, 0.25) is 11.8 Å². The van der Waals surface area contributed by atoms with E-state index in [9.17, 15) is 9.59 Å². The zero-order valence-electron chi connectivity index (χ0n) is 13.3. The molecule has 0 atom stereocenters. The number of nitrogens with zero attached hydrogens (tertiary/aromatic N) is 1. The highest BCUT2D eigenvalue weighted by Gasteiger charge is 2.56. The van der Waals surface area contributed by atoms with Crippen molar-refractivity contribution in [1.82, 2.24) is 10.2 Å². The van der Waals surface area contributed by atoms with Gasteiger partial charge in [-0.05, 0) is 52.0 Å². The van der Waals surface area contributed by atoms with Crippen molar-refractivity contribution in [3.63, 3.8) is 0 Å². The first-order chi connectivity index (χ1) is 10.9. The molecule has 0 spiro atoms. The number of nitrogens with one attached hydrogen (secondary N) is 2. The molecule has 1 fully saturated rings. The summed E-state index contributed by atoms with van der Waals surface area (Å²) in [6.45, 7) is 1.45. The van der Waals surface area contributed by atoms with Gasteiger partial charge >= 0.3 is 0 Å². The molecule has 2 rings (SSSR count). The highest BCUT2D eigenvalue weighted by atomic mass is 35.5. The van der Waals surface area contributed by atoms with Gasteiger partial charge in [0.25, 0.3) is 0 Å². The first-order valence-electron chi connectivity index (χ1n) is 7.55. The third-order valence-electron chi connectivity index (χ3n) is 3.89. The van der Waals surface area contributed by atoms with Crippen LogP contribution in [-0.4, -0.2) is 43.9 Å². The average molecular weight is 358 g/mol. The molecule has 1 aliphatic carbocycles. The van der Waals surface area contributed by atoms with Crippen molar-refractivity contribution in [1.29, 1.82) is 0 Å². The molecule has 0 aromatic heterocycles. The number of hydrogen-bond donors (Lipinski definition) is 2. The lowest BCUT2D eigenvalue weighted by molar-refractivity contribution is -0.134. The second kappa shape index (κ2) is 7.51. The van der Waals surface area contributed by atoms with Crippen LogP contribution < -0.4 is 10.6 Å². The fourth-order valence-electron chi connectivity index (χ4n) is 2.29. The maximum absolute atomic E-state index is 12.5. The van der Waals surface area contributed by atoms with E-state index < -0.39 is 5.41 Å². The standard InChI is InChI=1S/C16H21Cl2N3O2/c1-21(2)10-4-9-19-14(22)16(7-8-16)15(23)20-12-6-3-5-11(17)13(12)18/h3,5-6H,4,7-10H2,1-2H3,(H,19,22)(H,20,23). The van der Waals surface area contributed by atoms with Crippen LogP contribution in [0.25, 0.3) is 0 Å². The maximum atomic E-state index is 12.5. The van der Waals surface area contributed by atoms with Gasteiger partial charge in [-0.1, -0.05) is 29.3 Å². The van der Waals surface area contributed by atoms with Gasteiger partial charge in [-0.25, -0.2) is 0 Å². The van der Waals surface area contributed by atoms with Crippen LogP contribution in [0, 0.1) is 5.41 Å². The van der Waals surface area contributed by atoms with Gasteiger partial charge in [0.15, 0.2) is 0 Å². The molecule has 5 nitrogen and oxygen atoms in total. The van der Waals surface area contributed by atoms with Crippen molar-refractivity contribution in [2.45, 2.75) is 19.3 Å². The van der Waals surface area contributed by atoms with Crippen LogP contribution in [0.2, 0.25) is 10.0 Å². The van der Waals surface area contributed by atoms with E-state index in [0.717, 1.165) is 13.0 Å². The van der Waals surface area contributed by atoms with Crippen LogP contribution >= 0.6 is 23.2 Å². The van der Waals surface area contributed by atoms with Crippen LogP contribution in [0.4, 0.5) is 5.69 Å². The lowest BCUT2D eigenvalue weighted by Gasteiger charge is -2.17. The van der Waals surface area contributed by atoms with Crippen molar-refractivity contribution >= 4 is 40.7 Å². The highest BCUT2D eigenvalue weighted by Crippen LogP contribution is 2.47. The number of hydrogen-bond acceptors (Lipinski definition) is 3.